The second-order valence-corrected chi connectivity index (χ2v) is 4.38. The highest BCUT2D eigenvalue weighted by atomic mass is 32.2. The summed E-state index contributed by atoms with van der Waals surface area (Å²) in [5, 5.41) is 9.65. The summed E-state index contributed by atoms with van der Waals surface area (Å²) in [5.41, 5.74) is 1.87. The van der Waals surface area contributed by atoms with E-state index in [0.29, 0.717) is 0 Å². The first-order chi connectivity index (χ1) is 7.74. The zero-order valence-electron chi connectivity index (χ0n) is 9.29. The second-order valence-electron chi connectivity index (χ2n) is 3.54. The van der Waals surface area contributed by atoms with Gasteiger partial charge in [0.15, 0.2) is 0 Å². The summed E-state index contributed by atoms with van der Waals surface area (Å²) in [6.07, 6.45) is 4.95. The van der Waals surface area contributed by atoms with Crippen LogP contribution in [0.4, 0.5) is 0 Å². The maximum absolute atomic E-state index is 9.65. The average Bonchev–Trinajstić information content (AvgIpc) is 2.77. The summed E-state index contributed by atoms with van der Waals surface area (Å²) in [6, 6.07) is 8.08. The molecule has 0 fully saturated rings. The van der Waals surface area contributed by atoms with Crippen LogP contribution in [-0.4, -0.2) is 20.9 Å². The summed E-state index contributed by atoms with van der Waals surface area (Å²) in [4.78, 5) is 5.26. The Bertz CT molecular complexity index is 479. The van der Waals surface area contributed by atoms with E-state index in [2.05, 4.69) is 11.1 Å². The van der Waals surface area contributed by atoms with Gasteiger partial charge in [0, 0.05) is 4.90 Å². The van der Waals surface area contributed by atoms with E-state index in [1.807, 2.05) is 29.0 Å². The molecule has 1 aromatic heterocycles. The van der Waals surface area contributed by atoms with E-state index in [4.69, 9.17) is 0 Å². The first-order valence-corrected chi connectivity index (χ1v) is 6.30. The van der Waals surface area contributed by atoms with Gasteiger partial charge in [0.25, 0.3) is 0 Å². The lowest BCUT2D eigenvalue weighted by Gasteiger charge is -2.12. The molecule has 0 radical (unpaired) electrons. The van der Waals surface area contributed by atoms with Crippen LogP contribution < -0.4 is 0 Å². The van der Waals surface area contributed by atoms with Crippen LogP contribution in [0.15, 0.2) is 41.7 Å². The molecule has 2 aromatic rings. The molecule has 0 spiro atoms. The van der Waals surface area contributed by atoms with E-state index < -0.39 is 6.10 Å². The first kappa shape index (κ1) is 11.2. The molecule has 0 bridgehead atoms. The monoisotopic (exact) mass is 234 g/mol. The van der Waals surface area contributed by atoms with Crippen LogP contribution in [0.25, 0.3) is 5.69 Å². The van der Waals surface area contributed by atoms with Gasteiger partial charge in [-0.25, -0.2) is 4.98 Å². The lowest BCUT2D eigenvalue weighted by Crippen LogP contribution is -2.03. The molecule has 2 rings (SSSR count). The average molecular weight is 234 g/mol. The lowest BCUT2D eigenvalue weighted by atomic mass is 10.2. The topological polar surface area (TPSA) is 38.0 Å². The van der Waals surface area contributed by atoms with E-state index in [0.717, 1.165) is 11.4 Å². The third-order valence-electron chi connectivity index (χ3n) is 2.44. The number of thioether (sulfide) groups is 1. The Balaban J connectivity index is 2.54. The van der Waals surface area contributed by atoms with Gasteiger partial charge in [-0.2, -0.15) is 0 Å². The van der Waals surface area contributed by atoms with Crippen LogP contribution in [-0.2, 0) is 0 Å². The van der Waals surface area contributed by atoms with Crippen molar-refractivity contribution in [3.8, 4) is 5.69 Å². The SMILES string of the molecule is CSc1ccccc1-n1cncc1C(C)O. The maximum Gasteiger partial charge on any atom is 0.0995 e. The van der Waals surface area contributed by atoms with Crippen molar-refractivity contribution in [1.29, 1.82) is 0 Å². The normalized spacial score (nSPS) is 12.7. The number of benzene rings is 1. The maximum atomic E-state index is 9.65. The Labute approximate surface area is 99.1 Å². The van der Waals surface area contributed by atoms with Crippen molar-refractivity contribution in [2.75, 3.05) is 6.26 Å². The lowest BCUT2D eigenvalue weighted by molar-refractivity contribution is 0.192. The first-order valence-electron chi connectivity index (χ1n) is 5.07. The molecule has 1 unspecified atom stereocenters. The van der Waals surface area contributed by atoms with E-state index in [1.54, 1.807) is 31.2 Å². The minimum absolute atomic E-state index is 0.516. The summed E-state index contributed by atoms with van der Waals surface area (Å²) in [6.45, 7) is 1.75. The minimum Gasteiger partial charge on any atom is -0.387 e. The fraction of sp³-hybridized carbons (Fsp3) is 0.250. The van der Waals surface area contributed by atoms with Crippen molar-refractivity contribution in [1.82, 2.24) is 9.55 Å². The van der Waals surface area contributed by atoms with Crippen molar-refractivity contribution < 1.29 is 5.11 Å². The predicted molar refractivity (Wildman–Crippen MR) is 66.0 cm³/mol. The molecule has 0 aliphatic heterocycles. The standard InChI is InChI=1S/C12H14N2OS/c1-9(15)11-7-13-8-14(11)10-5-3-4-6-12(10)16-2/h3-9,15H,1-2H3. The van der Waals surface area contributed by atoms with Crippen molar-refractivity contribution in [2.24, 2.45) is 0 Å². The molecule has 0 aliphatic carbocycles. The molecule has 3 nitrogen and oxygen atoms in total. The van der Waals surface area contributed by atoms with Crippen LogP contribution in [0.5, 0.6) is 0 Å². The van der Waals surface area contributed by atoms with Gasteiger partial charge in [0.05, 0.1) is 30.0 Å². The van der Waals surface area contributed by atoms with Crippen LogP contribution in [0.2, 0.25) is 0 Å². The van der Waals surface area contributed by atoms with Crippen molar-refractivity contribution in [3.05, 3.63) is 42.5 Å². The fourth-order valence-electron chi connectivity index (χ4n) is 1.64. The summed E-state index contributed by atoms with van der Waals surface area (Å²) < 4.78 is 1.93. The molecule has 16 heavy (non-hydrogen) atoms. The highest BCUT2D eigenvalue weighted by molar-refractivity contribution is 7.98. The molecule has 0 saturated carbocycles. The van der Waals surface area contributed by atoms with Gasteiger partial charge >= 0.3 is 0 Å². The van der Waals surface area contributed by atoms with Crippen LogP contribution in [0.1, 0.15) is 18.7 Å². The number of rotatable bonds is 3. The van der Waals surface area contributed by atoms with Gasteiger partial charge in [0.2, 0.25) is 0 Å². The number of aliphatic hydroxyl groups is 1. The predicted octanol–water partition coefficient (Wildman–Crippen LogP) is 2.65. The molecule has 1 atom stereocenters. The summed E-state index contributed by atoms with van der Waals surface area (Å²) >= 11 is 1.68. The van der Waals surface area contributed by atoms with Crippen LogP contribution in [0, 0.1) is 0 Å². The number of aliphatic hydroxyl groups excluding tert-OH is 1. The third-order valence-corrected chi connectivity index (χ3v) is 3.22. The highest BCUT2D eigenvalue weighted by Crippen LogP contribution is 2.26. The number of aromatic nitrogens is 2. The van der Waals surface area contributed by atoms with E-state index in [9.17, 15) is 5.11 Å². The molecular formula is C12H14N2OS. The molecule has 1 N–H and O–H groups in total. The molecule has 0 saturated heterocycles. The van der Waals surface area contributed by atoms with Gasteiger partial charge in [-0.1, -0.05) is 12.1 Å². The number of nitrogens with zero attached hydrogens (tertiary/aromatic N) is 2. The van der Waals surface area contributed by atoms with Gasteiger partial charge in [-0.05, 0) is 25.3 Å². The summed E-state index contributed by atoms with van der Waals surface area (Å²) in [7, 11) is 0. The number of hydrogen-bond acceptors (Lipinski definition) is 3. The van der Waals surface area contributed by atoms with Crippen molar-refractivity contribution in [2.45, 2.75) is 17.9 Å². The van der Waals surface area contributed by atoms with E-state index >= 15 is 0 Å². The van der Waals surface area contributed by atoms with Gasteiger partial charge in [-0.15, -0.1) is 11.8 Å². The molecule has 1 heterocycles. The Morgan fingerprint density at radius 1 is 1.38 bits per heavy atom. The molecule has 0 aliphatic rings. The minimum atomic E-state index is -0.516. The highest BCUT2D eigenvalue weighted by Gasteiger charge is 2.11. The zero-order chi connectivity index (χ0) is 11.5. The van der Waals surface area contributed by atoms with Gasteiger partial charge < -0.3 is 5.11 Å². The van der Waals surface area contributed by atoms with Crippen LogP contribution in [0.3, 0.4) is 0 Å². The van der Waals surface area contributed by atoms with E-state index in [-0.39, 0.29) is 0 Å². The van der Waals surface area contributed by atoms with Gasteiger partial charge in [0.1, 0.15) is 0 Å². The Kier molecular flexibility index (Phi) is 3.31. The van der Waals surface area contributed by atoms with E-state index in [1.165, 1.54) is 4.90 Å². The van der Waals surface area contributed by atoms with Gasteiger partial charge in [-0.3, -0.25) is 4.57 Å². The number of hydrogen-bond donors (Lipinski definition) is 1. The Hall–Kier alpha value is -1.26. The molecule has 84 valence electrons. The molecule has 0 amide bonds. The third kappa shape index (κ3) is 1.99. The second kappa shape index (κ2) is 4.72. The smallest absolute Gasteiger partial charge is 0.0995 e. The Morgan fingerprint density at radius 3 is 2.81 bits per heavy atom. The summed E-state index contributed by atoms with van der Waals surface area (Å²) in [5.74, 6) is 0. The molecule has 1 aromatic carbocycles. The van der Waals surface area contributed by atoms with Crippen LogP contribution >= 0.6 is 11.8 Å². The Morgan fingerprint density at radius 2 is 2.12 bits per heavy atom. The number of imidazole rings is 1. The quantitative estimate of drug-likeness (QED) is 0.830. The fourth-order valence-corrected chi connectivity index (χ4v) is 2.23. The molecular weight excluding hydrogens is 220 g/mol. The number of para-hydroxylation sites is 1. The van der Waals surface area contributed by atoms with Crippen molar-refractivity contribution in [3.63, 3.8) is 0 Å². The molecule has 4 heteroatoms. The van der Waals surface area contributed by atoms with Crippen molar-refractivity contribution >= 4 is 11.8 Å². The largest absolute Gasteiger partial charge is 0.387 e. The zero-order valence-corrected chi connectivity index (χ0v) is 10.1.